The highest BCUT2D eigenvalue weighted by molar-refractivity contribution is 6.20. The Morgan fingerprint density at radius 1 is 1.79 bits per heavy atom. The van der Waals surface area contributed by atoms with E-state index in [1.807, 2.05) is 17.8 Å². The van der Waals surface area contributed by atoms with Crippen LogP contribution in [0.15, 0.2) is 6.20 Å². The average molecular weight is 216 g/mol. The largest absolute Gasteiger partial charge is 0.376 e. The average Bonchev–Trinajstić information content (AvgIpc) is 2.75. The van der Waals surface area contributed by atoms with Crippen molar-refractivity contribution in [1.29, 1.82) is 0 Å². The van der Waals surface area contributed by atoms with Gasteiger partial charge in [-0.05, 0) is 19.8 Å². The molecule has 2 rings (SSSR count). The minimum atomic E-state index is -0.0757. The highest BCUT2D eigenvalue weighted by atomic mass is 35.5. The molecule has 0 radical (unpaired) electrons. The molecule has 2 atom stereocenters. The maximum Gasteiger partial charge on any atom is 0.100 e. The number of aromatic nitrogens is 3. The highest BCUT2D eigenvalue weighted by Crippen LogP contribution is 2.17. The fourth-order valence-corrected chi connectivity index (χ4v) is 1.68. The van der Waals surface area contributed by atoms with Crippen molar-refractivity contribution in [2.45, 2.75) is 37.8 Å². The maximum atomic E-state index is 5.89. The van der Waals surface area contributed by atoms with Gasteiger partial charge in [-0.15, -0.1) is 16.7 Å². The Morgan fingerprint density at radius 3 is 3.21 bits per heavy atom. The van der Waals surface area contributed by atoms with Gasteiger partial charge in [-0.2, -0.15) is 0 Å². The number of hydrogen-bond donors (Lipinski definition) is 0. The van der Waals surface area contributed by atoms with Crippen LogP contribution >= 0.6 is 11.6 Å². The summed E-state index contributed by atoms with van der Waals surface area (Å²) in [6.45, 7) is 3.55. The van der Waals surface area contributed by atoms with Gasteiger partial charge in [-0.1, -0.05) is 5.21 Å². The molecule has 2 heterocycles. The van der Waals surface area contributed by atoms with E-state index in [0.717, 1.165) is 31.7 Å². The molecule has 1 aromatic heterocycles. The number of hydrogen-bond acceptors (Lipinski definition) is 3. The third-order valence-electron chi connectivity index (χ3n) is 2.38. The molecule has 78 valence electrons. The van der Waals surface area contributed by atoms with Gasteiger partial charge >= 0.3 is 0 Å². The number of nitrogens with zero attached hydrogens (tertiary/aromatic N) is 3. The lowest BCUT2D eigenvalue weighted by atomic mass is 10.2. The van der Waals surface area contributed by atoms with Crippen LogP contribution in [0.2, 0.25) is 0 Å². The van der Waals surface area contributed by atoms with E-state index in [0.29, 0.717) is 6.10 Å². The number of rotatable bonds is 3. The zero-order valence-corrected chi connectivity index (χ0v) is 8.94. The molecule has 0 N–H and O–H groups in total. The van der Waals surface area contributed by atoms with Gasteiger partial charge in [0, 0.05) is 6.61 Å². The van der Waals surface area contributed by atoms with Gasteiger partial charge in [0.1, 0.15) is 5.69 Å². The molecule has 0 saturated carbocycles. The fraction of sp³-hybridized carbons (Fsp3) is 0.778. The van der Waals surface area contributed by atoms with Gasteiger partial charge in [-0.3, -0.25) is 0 Å². The van der Waals surface area contributed by atoms with Crippen molar-refractivity contribution in [2.24, 2.45) is 0 Å². The van der Waals surface area contributed by atoms with Crippen LogP contribution in [0.25, 0.3) is 0 Å². The summed E-state index contributed by atoms with van der Waals surface area (Å²) in [5, 5.41) is 7.91. The number of alkyl halides is 1. The van der Waals surface area contributed by atoms with Crippen LogP contribution in [0.3, 0.4) is 0 Å². The lowest BCUT2D eigenvalue weighted by molar-refractivity contribution is 0.0935. The maximum absolute atomic E-state index is 5.89. The van der Waals surface area contributed by atoms with Crippen molar-refractivity contribution < 1.29 is 4.74 Å². The highest BCUT2D eigenvalue weighted by Gasteiger charge is 2.17. The van der Waals surface area contributed by atoms with Gasteiger partial charge in [-0.25, -0.2) is 4.68 Å². The van der Waals surface area contributed by atoms with Crippen LogP contribution in [0.4, 0.5) is 0 Å². The predicted octanol–water partition coefficient (Wildman–Crippen LogP) is 1.76. The van der Waals surface area contributed by atoms with E-state index < -0.39 is 0 Å². The summed E-state index contributed by atoms with van der Waals surface area (Å²) in [5.41, 5.74) is 0.824. The molecule has 1 aliphatic heterocycles. The monoisotopic (exact) mass is 215 g/mol. The third kappa shape index (κ3) is 2.25. The predicted molar refractivity (Wildman–Crippen MR) is 53.3 cm³/mol. The van der Waals surface area contributed by atoms with Crippen LogP contribution in [0, 0.1) is 0 Å². The molecule has 4 nitrogen and oxygen atoms in total. The van der Waals surface area contributed by atoms with E-state index in [9.17, 15) is 0 Å². The standard InChI is InChI=1S/C9H14ClN3O/c1-7(10)9-6-13(12-11-9)5-8-3-2-4-14-8/h6-8H,2-5H2,1H3. The Balaban J connectivity index is 1.95. The molecule has 0 bridgehead atoms. The summed E-state index contributed by atoms with van der Waals surface area (Å²) in [6, 6.07) is 0. The molecule has 2 unspecified atom stereocenters. The van der Waals surface area contributed by atoms with Crippen molar-refractivity contribution in [1.82, 2.24) is 15.0 Å². The summed E-state index contributed by atoms with van der Waals surface area (Å²) in [6.07, 6.45) is 4.46. The molecular formula is C9H14ClN3O. The minimum absolute atomic E-state index is 0.0757. The third-order valence-corrected chi connectivity index (χ3v) is 2.60. The molecule has 1 fully saturated rings. The molecule has 0 aromatic carbocycles. The Hall–Kier alpha value is -0.610. The topological polar surface area (TPSA) is 39.9 Å². The zero-order valence-electron chi connectivity index (χ0n) is 8.19. The fourth-order valence-electron chi connectivity index (χ4n) is 1.58. The lowest BCUT2D eigenvalue weighted by Gasteiger charge is -2.07. The van der Waals surface area contributed by atoms with E-state index in [2.05, 4.69) is 10.3 Å². The van der Waals surface area contributed by atoms with Crippen molar-refractivity contribution in [2.75, 3.05) is 6.61 Å². The van der Waals surface area contributed by atoms with Crippen LogP contribution in [0.1, 0.15) is 30.8 Å². The first-order valence-electron chi connectivity index (χ1n) is 4.91. The van der Waals surface area contributed by atoms with Gasteiger partial charge < -0.3 is 4.74 Å². The summed E-state index contributed by atoms with van der Waals surface area (Å²) in [4.78, 5) is 0. The molecule has 1 aromatic rings. The van der Waals surface area contributed by atoms with Crippen molar-refractivity contribution in [3.8, 4) is 0 Å². The molecule has 0 amide bonds. The molecule has 0 aliphatic carbocycles. The first-order chi connectivity index (χ1) is 6.75. The Morgan fingerprint density at radius 2 is 2.64 bits per heavy atom. The quantitative estimate of drug-likeness (QED) is 0.722. The second kappa shape index (κ2) is 4.28. The normalized spacial score (nSPS) is 24.0. The second-order valence-corrected chi connectivity index (χ2v) is 4.27. The second-order valence-electron chi connectivity index (χ2n) is 3.62. The summed E-state index contributed by atoms with van der Waals surface area (Å²) < 4.78 is 7.31. The van der Waals surface area contributed by atoms with Crippen LogP contribution in [-0.4, -0.2) is 27.7 Å². The van der Waals surface area contributed by atoms with Gasteiger partial charge in [0.15, 0.2) is 0 Å². The zero-order chi connectivity index (χ0) is 9.97. The summed E-state index contributed by atoms with van der Waals surface area (Å²) in [7, 11) is 0. The number of halogens is 1. The van der Waals surface area contributed by atoms with Crippen LogP contribution in [0.5, 0.6) is 0 Å². The molecule has 5 heteroatoms. The molecular weight excluding hydrogens is 202 g/mol. The van der Waals surface area contributed by atoms with Crippen molar-refractivity contribution in [3.05, 3.63) is 11.9 Å². The Kier molecular flexibility index (Phi) is 3.03. The molecule has 14 heavy (non-hydrogen) atoms. The van der Waals surface area contributed by atoms with E-state index in [-0.39, 0.29) is 5.38 Å². The summed E-state index contributed by atoms with van der Waals surface area (Å²) >= 11 is 5.89. The molecule has 1 saturated heterocycles. The van der Waals surface area contributed by atoms with E-state index >= 15 is 0 Å². The minimum Gasteiger partial charge on any atom is -0.376 e. The summed E-state index contributed by atoms with van der Waals surface area (Å²) in [5.74, 6) is 0. The first-order valence-corrected chi connectivity index (χ1v) is 5.35. The molecule has 0 spiro atoms. The van der Waals surface area contributed by atoms with Gasteiger partial charge in [0.25, 0.3) is 0 Å². The van der Waals surface area contributed by atoms with Gasteiger partial charge in [0.05, 0.1) is 24.2 Å². The first kappa shape index (κ1) is 9.93. The van der Waals surface area contributed by atoms with Crippen molar-refractivity contribution >= 4 is 11.6 Å². The van der Waals surface area contributed by atoms with Gasteiger partial charge in [0.2, 0.25) is 0 Å². The van der Waals surface area contributed by atoms with E-state index in [4.69, 9.17) is 16.3 Å². The van der Waals surface area contributed by atoms with E-state index in [1.54, 1.807) is 0 Å². The lowest BCUT2D eigenvalue weighted by Crippen LogP contribution is -2.15. The smallest absolute Gasteiger partial charge is 0.100 e. The SMILES string of the molecule is CC(Cl)c1cn(CC2CCCO2)nn1. The Labute approximate surface area is 88.2 Å². The van der Waals surface area contributed by atoms with Crippen LogP contribution in [-0.2, 0) is 11.3 Å². The van der Waals surface area contributed by atoms with Crippen molar-refractivity contribution in [3.63, 3.8) is 0 Å². The molecule has 1 aliphatic rings. The van der Waals surface area contributed by atoms with E-state index in [1.165, 1.54) is 0 Å². The Bertz CT molecular complexity index is 294. The van der Waals surface area contributed by atoms with Crippen LogP contribution < -0.4 is 0 Å². The number of ether oxygens (including phenoxy) is 1.